The molecule has 4 rings (SSSR count). The number of hydrogen-bond donors (Lipinski definition) is 2. The van der Waals surface area contributed by atoms with Crippen LogP contribution >= 0.6 is 0 Å². The monoisotopic (exact) mass is 623 g/mol. The number of para-hydroxylation sites is 1. The molecule has 0 bridgehead atoms. The van der Waals surface area contributed by atoms with E-state index >= 15 is 0 Å². The molecule has 2 N–H and O–H groups in total. The Morgan fingerprint density at radius 2 is 1.63 bits per heavy atom. The van der Waals surface area contributed by atoms with Crippen molar-refractivity contribution in [3.63, 3.8) is 0 Å². The van der Waals surface area contributed by atoms with Crippen molar-refractivity contribution in [3.8, 4) is 11.5 Å². The summed E-state index contributed by atoms with van der Waals surface area (Å²) >= 11 is 0. The molecular weight excluding hydrogens is 574 g/mol. The van der Waals surface area contributed by atoms with Gasteiger partial charge in [-0.1, -0.05) is 100 Å². The Bertz CT molecular complexity index is 1420. The van der Waals surface area contributed by atoms with Gasteiger partial charge < -0.3 is 20.3 Å². The van der Waals surface area contributed by atoms with Crippen molar-refractivity contribution >= 4 is 23.8 Å². The molecule has 244 valence electrons. The molecule has 3 atom stereocenters. The number of ether oxygens (including phenoxy) is 1. The van der Waals surface area contributed by atoms with E-state index in [4.69, 9.17) is 4.74 Å². The van der Waals surface area contributed by atoms with E-state index < -0.39 is 17.9 Å². The number of hydrogen-bond acceptors (Lipinski definition) is 4. The van der Waals surface area contributed by atoms with E-state index in [0.717, 1.165) is 36.1 Å². The fourth-order valence-electron chi connectivity index (χ4n) is 6.06. The Hall–Kier alpha value is -4.39. The Morgan fingerprint density at radius 3 is 2.35 bits per heavy atom. The quantitative estimate of drug-likeness (QED) is 0.185. The van der Waals surface area contributed by atoms with E-state index in [0.29, 0.717) is 44.6 Å². The zero-order valence-electron chi connectivity index (χ0n) is 27.5. The summed E-state index contributed by atoms with van der Waals surface area (Å²) < 4.78 is 6.01. The zero-order chi connectivity index (χ0) is 32.7. The zero-order valence-corrected chi connectivity index (χ0v) is 27.5. The number of amides is 3. The molecule has 0 saturated carbocycles. The van der Waals surface area contributed by atoms with E-state index in [-0.39, 0.29) is 23.6 Å². The maximum Gasteiger partial charge on any atom is 0.245 e. The Labute approximate surface area is 274 Å². The van der Waals surface area contributed by atoms with E-state index in [9.17, 15) is 14.4 Å². The van der Waals surface area contributed by atoms with Crippen LogP contribution in [0, 0.1) is 17.8 Å². The van der Waals surface area contributed by atoms with Gasteiger partial charge in [0.15, 0.2) is 0 Å². The lowest BCUT2D eigenvalue weighted by molar-refractivity contribution is -0.140. The SMILES string of the molecule is CCCC(C(=O)NC/C=C/c1ccccc1)C(CC(C)C)C(=O)N[C@H]1CCCCN(Cc2cccc(Oc3ccccc3)c2)C1=O. The molecule has 1 saturated heterocycles. The molecule has 46 heavy (non-hydrogen) atoms. The first-order valence-corrected chi connectivity index (χ1v) is 16.7. The van der Waals surface area contributed by atoms with Gasteiger partial charge in [0.2, 0.25) is 17.7 Å². The molecule has 3 amide bonds. The molecule has 1 aliphatic rings. The number of nitrogens with one attached hydrogen (secondary N) is 2. The number of carbonyl (C=O) groups is 3. The van der Waals surface area contributed by atoms with Gasteiger partial charge in [0.1, 0.15) is 17.5 Å². The minimum absolute atomic E-state index is 0.0777. The third-order valence-electron chi connectivity index (χ3n) is 8.34. The van der Waals surface area contributed by atoms with E-state index in [2.05, 4.69) is 24.5 Å². The number of rotatable bonds is 15. The summed E-state index contributed by atoms with van der Waals surface area (Å²) in [5, 5.41) is 6.14. The number of carbonyl (C=O) groups excluding carboxylic acids is 3. The molecule has 1 heterocycles. The summed E-state index contributed by atoms with van der Waals surface area (Å²) in [6.45, 7) is 7.62. The summed E-state index contributed by atoms with van der Waals surface area (Å²) in [4.78, 5) is 43.1. The molecular formula is C39H49N3O4. The van der Waals surface area contributed by atoms with Gasteiger partial charge in [-0.3, -0.25) is 14.4 Å². The highest BCUT2D eigenvalue weighted by Gasteiger charge is 2.36. The van der Waals surface area contributed by atoms with Crippen LogP contribution in [0.25, 0.3) is 6.08 Å². The Kier molecular flexibility index (Phi) is 13.4. The predicted molar refractivity (Wildman–Crippen MR) is 184 cm³/mol. The van der Waals surface area contributed by atoms with Crippen molar-refractivity contribution < 1.29 is 19.1 Å². The summed E-state index contributed by atoms with van der Waals surface area (Å²) in [6.07, 6.45) is 8.15. The fourth-order valence-corrected chi connectivity index (χ4v) is 6.06. The third kappa shape index (κ3) is 10.6. The van der Waals surface area contributed by atoms with Crippen LogP contribution in [0.15, 0.2) is 91.0 Å². The highest BCUT2D eigenvalue weighted by atomic mass is 16.5. The standard InChI is InChI=1S/C39H49N3O4/c1-4-15-34(37(43)40-24-14-19-30-16-7-5-8-17-30)35(26-29(2)3)38(44)41-36-23-11-12-25-42(39(36)45)28-31-18-13-22-33(27-31)46-32-20-9-6-10-21-32/h5-10,13-14,16-22,27,29,34-36H,4,11-12,15,23-26,28H2,1-3H3,(H,40,43)(H,41,44)/b19-14+/t34?,35?,36-/m0/s1. The van der Waals surface area contributed by atoms with E-state index in [1.165, 1.54) is 0 Å². The molecule has 0 aliphatic carbocycles. The smallest absolute Gasteiger partial charge is 0.245 e. The van der Waals surface area contributed by atoms with E-state index in [1.54, 1.807) is 0 Å². The summed E-state index contributed by atoms with van der Waals surface area (Å²) in [7, 11) is 0. The van der Waals surface area contributed by atoms with Crippen LogP contribution in [-0.4, -0.2) is 41.8 Å². The van der Waals surface area contributed by atoms with Crippen molar-refractivity contribution in [1.82, 2.24) is 15.5 Å². The maximum atomic E-state index is 13.9. The largest absolute Gasteiger partial charge is 0.457 e. The van der Waals surface area contributed by atoms with Crippen LogP contribution in [0.2, 0.25) is 0 Å². The molecule has 7 nitrogen and oxygen atoms in total. The van der Waals surface area contributed by atoms with Crippen LogP contribution in [0.3, 0.4) is 0 Å². The average molecular weight is 624 g/mol. The van der Waals surface area contributed by atoms with Gasteiger partial charge in [0.05, 0.1) is 0 Å². The second kappa shape index (κ2) is 17.9. The summed E-state index contributed by atoms with van der Waals surface area (Å²) in [5.41, 5.74) is 2.03. The second-order valence-corrected chi connectivity index (χ2v) is 12.6. The molecule has 7 heteroatoms. The number of nitrogens with zero attached hydrogens (tertiary/aromatic N) is 1. The number of benzene rings is 3. The lowest BCUT2D eigenvalue weighted by Crippen LogP contribution is -2.51. The van der Waals surface area contributed by atoms with Crippen molar-refractivity contribution in [1.29, 1.82) is 0 Å². The Balaban J connectivity index is 1.41. The van der Waals surface area contributed by atoms with Crippen LogP contribution in [0.1, 0.15) is 70.4 Å². The molecule has 3 aromatic rings. The molecule has 1 aliphatic heterocycles. The minimum Gasteiger partial charge on any atom is -0.457 e. The summed E-state index contributed by atoms with van der Waals surface area (Å²) in [6, 6.07) is 26.7. The lowest BCUT2D eigenvalue weighted by Gasteiger charge is -2.30. The van der Waals surface area contributed by atoms with Gasteiger partial charge >= 0.3 is 0 Å². The van der Waals surface area contributed by atoms with Gasteiger partial charge in [-0.15, -0.1) is 0 Å². The fraction of sp³-hybridized carbons (Fsp3) is 0.410. The maximum absolute atomic E-state index is 13.9. The molecule has 1 fully saturated rings. The number of likely N-dealkylation sites (tertiary alicyclic amines) is 1. The van der Waals surface area contributed by atoms with Gasteiger partial charge in [0, 0.05) is 31.5 Å². The van der Waals surface area contributed by atoms with Crippen LogP contribution < -0.4 is 15.4 Å². The first kappa shape index (κ1) is 34.5. The van der Waals surface area contributed by atoms with Crippen molar-refractivity contribution in [3.05, 3.63) is 102 Å². The molecule has 0 spiro atoms. The van der Waals surface area contributed by atoms with Crippen molar-refractivity contribution in [2.24, 2.45) is 17.8 Å². The molecule has 2 unspecified atom stereocenters. The highest BCUT2D eigenvalue weighted by molar-refractivity contribution is 5.91. The first-order chi connectivity index (χ1) is 22.3. The minimum atomic E-state index is -0.618. The van der Waals surface area contributed by atoms with Crippen molar-refractivity contribution in [2.75, 3.05) is 13.1 Å². The first-order valence-electron chi connectivity index (χ1n) is 16.7. The lowest BCUT2D eigenvalue weighted by atomic mass is 9.81. The third-order valence-corrected chi connectivity index (χ3v) is 8.34. The van der Waals surface area contributed by atoms with Gasteiger partial charge in [-0.05, 0) is 73.4 Å². The van der Waals surface area contributed by atoms with Gasteiger partial charge in [0.25, 0.3) is 0 Å². The molecule has 0 radical (unpaired) electrons. The normalized spacial score (nSPS) is 16.6. The summed E-state index contributed by atoms with van der Waals surface area (Å²) in [5.74, 6) is 0.286. The molecule has 0 aromatic heterocycles. The van der Waals surface area contributed by atoms with Crippen LogP contribution in [0.4, 0.5) is 0 Å². The van der Waals surface area contributed by atoms with Crippen LogP contribution in [0.5, 0.6) is 11.5 Å². The average Bonchev–Trinajstić information content (AvgIpc) is 3.22. The van der Waals surface area contributed by atoms with Crippen molar-refractivity contribution in [2.45, 2.75) is 71.9 Å². The predicted octanol–water partition coefficient (Wildman–Crippen LogP) is 7.38. The van der Waals surface area contributed by atoms with Crippen LogP contribution in [-0.2, 0) is 20.9 Å². The van der Waals surface area contributed by atoms with Gasteiger partial charge in [-0.25, -0.2) is 0 Å². The second-order valence-electron chi connectivity index (χ2n) is 12.6. The molecule has 3 aromatic carbocycles. The highest BCUT2D eigenvalue weighted by Crippen LogP contribution is 2.27. The Morgan fingerprint density at radius 1 is 0.913 bits per heavy atom. The topological polar surface area (TPSA) is 87.7 Å². The van der Waals surface area contributed by atoms with E-state index in [1.807, 2.05) is 109 Å². The van der Waals surface area contributed by atoms with Gasteiger partial charge in [-0.2, -0.15) is 0 Å².